The van der Waals surface area contributed by atoms with Crippen molar-refractivity contribution in [3.05, 3.63) is 168 Å². The van der Waals surface area contributed by atoms with Crippen molar-refractivity contribution < 1.29 is 45.7 Å². The zero-order chi connectivity index (χ0) is 46.4. The molecular formula is C54H52N4O6W. The molecule has 0 aromatic heterocycles. The fraction of sp³-hybridized carbons (Fsp3) is 0.185. The van der Waals surface area contributed by atoms with Gasteiger partial charge in [-0.3, -0.25) is 20.0 Å². The van der Waals surface area contributed by atoms with Crippen molar-refractivity contribution >= 4 is 67.9 Å². The van der Waals surface area contributed by atoms with Crippen LogP contribution in [-0.2, 0) is 25.3 Å². The van der Waals surface area contributed by atoms with Gasteiger partial charge >= 0.3 is 25.3 Å². The zero-order valence-electron chi connectivity index (χ0n) is 36.8. The van der Waals surface area contributed by atoms with Crippen molar-refractivity contribution in [2.24, 2.45) is 30.8 Å². The Morgan fingerprint density at radius 1 is 0.369 bits per heavy atom. The molecule has 0 spiro atoms. The summed E-state index contributed by atoms with van der Waals surface area (Å²) in [6.45, 7) is 10.7. The summed E-state index contributed by atoms with van der Waals surface area (Å²) < 4.78 is 17.1. The molecule has 0 bridgehead atoms. The summed E-state index contributed by atoms with van der Waals surface area (Å²) >= 11 is -2.25. The molecule has 8 rings (SSSR count). The van der Waals surface area contributed by atoms with E-state index in [4.69, 9.17) is 6.80 Å². The van der Waals surface area contributed by atoms with Crippen molar-refractivity contribution in [3.8, 4) is 23.0 Å². The third-order valence-corrected chi connectivity index (χ3v) is 10.7. The van der Waals surface area contributed by atoms with E-state index in [9.17, 15) is 20.4 Å². The van der Waals surface area contributed by atoms with Gasteiger partial charge in [0, 0.05) is 84.1 Å². The Bertz CT molecular complexity index is 2700. The second-order valence-electron chi connectivity index (χ2n) is 17.2. The zero-order valence-corrected chi connectivity index (χ0v) is 39.7. The molecule has 0 amide bonds. The molecule has 0 heterocycles. The number of phenols is 4. The van der Waals surface area contributed by atoms with Gasteiger partial charge in [-0.25, -0.2) is 0 Å². The Kier molecular flexibility index (Phi) is 16.1. The molecule has 0 aliphatic rings. The first-order valence-electron chi connectivity index (χ1n) is 21.0. The summed E-state index contributed by atoms with van der Waals surface area (Å²) in [5.41, 5.74) is 2.59. The molecule has 8 aromatic carbocycles. The first-order chi connectivity index (χ1) is 31.3. The van der Waals surface area contributed by atoms with Gasteiger partial charge in [-0.2, -0.15) is 0 Å². The summed E-state index contributed by atoms with van der Waals surface area (Å²) in [4.78, 5) is 18.4. The molecule has 0 atom stereocenters. The summed E-state index contributed by atoms with van der Waals surface area (Å²) in [6.07, 6.45) is 7.00. The van der Waals surface area contributed by atoms with E-state index in [2.05, 4.69) is 47.7 Å². The molecule has 65 heavy (non-hydrogen) atoms. The van der Waals surface area contributed by atoms with Gasteiger partial charge in [0.2, 0.25) is 0 Å². The van der Waals surface area contributed by atoms with Gasteiger partial charge in [-0.15, -0.1) is 0 Å². The molecule has 10 nitrogen and oxygen atoms in total. The fourth-order valence-electron chi connectivity index (χ4n) is 7.32. The predicted molar refractivity (Wildman–Crippen MR) is 261 cm³/mol. The summed E-state index contributed by atoms with van der Waals surface area (Å²) in [5, 5.41) is 49.3. The SMILES string of the molecule is CC(C)(CN=Cc1c(O)ccc2ccccc12)CN=Cc1c(O)ccc2ccccc12.CC(C)(CN=Cc1c(O)ccc2ccccc12)CN=Cc1c(O)ccc2ccccc12.[O]=[W]=[O]. The molecular weight excluding hydrogens is 984 g/mol. The van der Waals surface area contributed by atoms with Gasteiger partial charge in [0.15, 0.2) is 0 Å². The number of hydrogen-bond donors (Lipinski definition) is 4. The molecule has 8 aromatic rings. The number of hydrogen-bond acceptors (Lipinski definition) is 10. The van der Waals surface area contributed by atoms with E-state index in [0.29, 0.717) is 26.2 Å². The number of benzene rings is 8. The molecule has 0 saturated heterocycles. The third-order valence-electron chi connectivity index (χ3n) is 10.7. The van der Waals surface area contributed by atoms with Crippen molar-refractivity contribution in [1.29, 1.82) is 0 Å². The normalized spacial score (nSPS) is 12.1. The number of nitrogens with zero attached hydrogens (tertiary/aromatic N) is 4. The van der Waals surface area contributed by atoms with E-state index in [0.717, 1.165) is 65.3 Å². The van der Waals surface area contributed by atoms with Crippen LogP contribution in [0.15, 0.2) is 166 Å². The van der Waals surface area contributed by atoms with Crippen molar-refractivity contribution in [2.75, 3.05) is 26.2 Å². The van der Waals surface area contributed by atoms with Gasteiger partial charge in [0.1, 0.15) is 23.0 Å². The second-order valence-corrected chi connectivity index (χ2v) is 17.6. The molecule has 11 heteroatoms. The molecule has 4 N–H and O–H groups in total. The minimum atomic E-state index is -2.25. The third kappa shape index (κ3) is 12.6. The van der Waals surface area contributed by atoms with E-state index in [1.165, 1.54) is 0 Å². The van der Waals surface area contributed by atoms with Gasteiger partial charge in [-0.1, -0.05) is 149 Å². The van der Waals surface area contributed by atoms with Crippen LogP contribution in [0.3, 0.4) is 0 Å². The topological polar surface area (TPSA) is 164 Å². The number of fused-ring (bicyclic) bond motifs is 4. The molecule has 0 saturated carbocycles. The summed E-state index contributed by atoms with van der Waals surface area (Å²) in [7, 11) is 0. The monoisotopic (exact) mass is 1040 g/mol. The average molecular weight is 1040 g/mol. The maximum atomic E-state index is 10.3. The molecule has 330 valence electrons. The van der Waals surface area contributed by atoms with Gasteiger partial charge in [-0.05, 0) is 67.4 Å². The van der Waals surface area contributed by atoms with Crippen LogP contribution in [0, 0.1) is 10.8 Å². The van der Waals surface area contributed by atoms with Crippen molar-refractivity contribution in [3.63, 3.8) is 0 Å². The van der Waals surface area contributed by atoms with E-state index < -0.39 is 18.5 Å². The van der Waals surface area contributed by atoms with Gasteiger partial charge in [0.05, 0.1) is 0 Å². The van der Waals surface area contributed by atoms with Gasteiger partial charge < -0.3 is 20.4 Å². The van der Waals surface area contributed by atoms with Crippen LogP contribution in [0.5, 0.6) is 23.0 Å². The van der Waals surface area contributed by atoms with E-state index in [1.54, 1.807) is 49.1 Å². The number of rotatable bonds is 12. The van der Waals surface area contributed by atoms with E-state index in [1.807, 2.05) is 121 Å². The van der Waals surface area contributed by atoms with Crippen molar-refractivity contribution in [1.82, 2.24) is 0 Å². The quantitative estimate of drug-likeness (QED) is 0.0890. The number of aliphatic imine (C=N–C) groups is 4. The van der Waals surface area contributed by atoms with Crippen LogP contribution in [-0.4, -0.2) is 71.5 Å². The standard InChI is InChI=1S/2C27H26N2O2.2O.W/c2*1-27(2,17-28-15-23-21-9-5-3-7-19(21)11-13-25(23)30)18-29-16-24-22-10-6-4-8-20(22)12-14-26(24)31;;;/h2*3-16,30-31H,17-18H2,1-2H3;;;. The predicted octanol–water partition coefficient (Wildman–Crippen LogP) is 11.7. The van der Waals surface area contributed by atoms with Crippen LogP contribution in [0.25, 0.3) is 43.1 Å². The Labute approximate surface area is 387 Å². The first kappa shape index (κ1) is 47.4. The van der Waals surface area contributed by atoms with E-state index >= 15 is 0 Å². The Hall–Kier alpha value is -7.03. The summed E-state index contributed by atoms with van der Waals surface area (Å²) in [6, 6.07) is 46.2. The fourth-order valence-corrected chi connectivity index (χ4v) is 7.32. The van der Waals surface area contributed by atoms with Gasteiger partial charge in [0.25, 0.3) is 0 Å². The molecule has 0 radical (unpaired) electrons. The van der Waals surface area contributed by atoms with Crippen molar-refractivity contribution in [2.45, 2.75) is 27.7 Å². The summed E-state index contributed by atoms with van der Waals surface area (Å²) in [5.74, 6) is 0.906. The van der Waals surface area contributed by atoms with Crippen LogP contribution in [0.1, 0.15) is 49.9 Å². The molecule has 0 aliphatic carbocycles. The maximum absolute atomic E-state index is 10.3. The number of aromatic hydroxyl groups is 4. The Morgan fingerprint density at radius 3 is 0.785 bits per heavy atom. The van der Waals surface area contributed by atoms with Crippen LogP contribution >= 0.6 is 0 Å². The second kappa shape index (κ2) is 22.0. The first-order valence-corrected chi connectivity index (χ1v) is 23.4. The van der Waals surface area contributed by atoms with Crippen LogP contribution in [0.4, 0.5) is 0 Å². The Morgan fingerprint density at radius 2 is 0.569 bits per heavy atom. The minimum absolute atomic E-state index is 0.173. The van der Waals surface area contributed by atoms with Crippen LogP contribution < -0.4 is 0 Å². The molecule has 0 unspecified atom stereocenters. The van der Waals surface area contributed by atoms with E-state index in [-0.39, 0.29) is 33.8 Å². The molecule has 0 fully saturated rings. The molecule has 0 aliphatic heterocycles. The van der Waals surface area contributed by atoms with Crippen LogP contribution in [0.2, 0.25) is 0 Å². The average Bonchev–Trinajstić information content (AvgIpc) is 3.30. The Balaban J connectivity index is 0.000000203. The number of phenolic OH excluding ortho intramolecular Hbond substituents is 4.